The minimum absolute atomic E-state index is 0. The topological polar surface area (TPSA) is 152 Å². The summed E-state index contributed by atoms with van der Waals surface area (Å²) in [6.07, 6.45) is 5.68. The zero-order valence-corrected chi connectivity index (χ0v) is 24.3. The fourth-order valence-corrected chi connectivity index (χ4v) is 3.73. The summed E-state index contributed by atoms with van der Waals surface area (Å²) in [6.45, 7) is 11.6. The van der Waals surface area contributed by atoms with Gasteiger partial charge in [0.05, 0.1) is 39.0 Å². The summed E-state index contributed by atoms with van der Waals surface area (Å²) in [5.41, 5.74) is -0.0892. The van der Waals surface area contributed by atoms with Gasteiger partial charge in [0.15, 0.2) is 11.4 Å². The lowest BCUT2D eigenvalue weighted by molar-refractivity contribution is 0.0239. The highest BCUT2D eigenvalue weighted by Gasteiger charge is 2.26. The molecule has 1 amide bonds. The molecule has 14 nitrogen and oxygen atoms in total. The van der Waals surface area contributed by atoms with Crippen LogP contribution in [0.25, 0.3) is 0 Å². The molecule has 2 aromatic rings. The number of aromatic nitrogens is 4. The number of nitrogens with zero attached hydrogens (tertiary/aromatic N) is 7. The zero-order valence-electron chi connectivity index (χ0n) is 23.5. The van der Waals surface area contributed by atoms with Gasteiger partial charge in [0, 0.05) is 52.4 Å². The number of ether oxygens (including phenoxy) is 3. The summed E-state index contributed by atoms with van der Waals surface area (Å²) >= 11 is 0. The lowest BCUT2D eigenvalue weighted by Gasteiger charge is -2.36. The van der Waals surface area contributed by atoms with Gasteiger partial charge in [-0.2, -0.15) is 0 Å². The molecule has 2 fully saturated rings. The smallest absolute Gasteiger partial charge is 0.410 e. The van der Waals surface area contributed by atoms with Crippen LogP contribution >= 0.6 is 12.4 Å². The van der Waals surface area contributed by atoms with Crippen molar-refractivity contribution in [2.45, 2.75) is 26.4 Å². The van der Waals surface area contributed by atoms with Crippen molar-refractivity contribution in [3.05, 3.63) is 36.2 Å². The van der Waals surface area contributed by atoms with E-state index in [9.17, 15) is 14.4 Å². The highest BCUT2D eigenvalue weighted by molar-refractivity contribution is 5.87. The molecular formula is C25H37ClN8O6. The van der Waals surface area contributed by atoms with E-state index in [1.807, 2.05) is 25.7 Å². The summed E-state index contributed by atoms with van der Waals surface area (Å²) in [6, 6.07) is 0. The lowest BCUT2D eigenvalue weighted by Crippen LogP contribution is -2.50. The Morgan fingerprint density at radius 2 is 1.18 bits per heavy atom. The molecule has 2 aliphatic rings. The second-order valence-electron chi connectivity index (χ2n) is 9.69. The van der Waals surface area contributed by atoms with Crippen molar-refractivity contribution in [1.82, 2.24) is 30.2 Å². The number of rotatable bonds is 4. The molecule has 4 rings (SSSR count). The van der Waals surface area contributed by atoms with E-state index in [0.29, 0.717) is 32.0 Å². The molecule has 2 aromatic heterocycles. The molecule has 4 heterocycles. The summed E-state index contributed by atoms with van der Waals surface area (Å²) in [5.74, 6) is 0.494. The average molecular weight is 581 g/mol. The van der Waals surface area contributed by atoms with Crippen molar-refractivity contribution in [3.63, 3.8) is 0 Å². The maximum atomic E-state index is 12.0. The Kier molecular flexibility index (Phi) is 12.3. The number of hydrogen-bond acceptors (Lipinski definition) is 13. The van der Waals surface area contributed by atoms with Crippen molar-refractivity contribution in [2.24, 2.45) is 0 Å². The first-order valence-electron chi connectivity index (χ1n) is 12.6. The van der Waals surface area contributed by atoms with Crippen LogP contribution in [-0.2, 0) is 14.2 Å². The Morgan fingerprint density at radius 3 is 1.55 bits per heavy atom. The van der Waals surface area contributed by atoms with Crippen LogP contribution < -0.4 is 15.1 Å². The first-order valence-corrected chi connectivity index (χ1v) is 12.6. The second-order valence-corrected chi connectivity index (χ2v) is 9.69. The van der Waals surface area contributed by atoms with Crippen molar-refractivity contribution in [3.8, 4) is 0 Å². The molecule has 0 radical (unpaired) electrons. The number of nitrogens with one attached hydrogen (secondary N) is 1. The lowest BCUT2D eigenvalue weighted by atomic mass is 10.2. The zero-order chi connectivity index (χ0) is 28.4. The first kappa shape index (κ1) is 32.4. The Morgan fingerprint density at radius 1 is 0.725 bits per heavy atom. The number of halogens is 1. The van der Waals surface area contributed by atoms with Gasteiger partial charge < -0.3 is 34.2 Å². The SMILES string of the molecule is COC(=O)c1cnc(N2CCN(C(=O)OC(C)(C)C)CC2)cn1.COC(=O)c1cnc(N2CCNCC2)cn1.Cl. The fourth-order valence-electron chi connectivity index (χ4n) is 3.73. The summed E-state index contributed by atoms with van der Waals surface area (Å²) in [5, 5.41) is 3.26. The molecule has 2 saturated heterocycles. The van der Waals surface area contributed by atoms with Gasteiger partial charge in [-0.3, -0.25) is 0 Å². The Bertz CT molecular complexity index is 1100. The van der Waals surface area contributed by atoms with Crippen molar-refractivity contribution >= 4 is 42.1 Å². The molecular weight excluding hydrogens is 544 g/mol. The maximum absolute atomic E-state index is 12.0. The van der Waals surface area contributed by atoms with Gasteiger partial charge in [-0.05, 0) is 20.8 Å². The Labute approximate surface area is 239 Å². The van der Waals surface area contributed by atoms with Crippen LogP contribution in [0.4, 0.5) is 16.4 Å². The number of amides is 1. The van der Waals surface area contributed by atoms with Gasteiger partial charge >= 0.3 is 18.0 Å². The van der Waals surface area contributed by atoms with Gasteiger partial charge in [0.25, 0.3) is 0 Å². The van der Waals surface area contributed by atoms with E-state index in [0.717, 1.165) is 32.0 Å². The molecule has 0 saturated carbocycles. The van der Waals surface area contributed by atoms with Gasteiger partial charge in [-0.1, -0.05) is 0 Å². The molecule has 0 spiro atoms. The molecule has 0 atom stereocenters. The number of esters is 2. The van der Waals surface area contributed by atoms with Crippen LogP contribution in [0.2, 0.25) is 0 Å². The molecule has 1 N–H and O–H groups in total. The quantitative estimate of drug-likeness (QED) is 0.410. The highest BCUT2D eigenvalue weighted by atomic mass is 35.5. The minimum atomic E-state index is -0.515. The predicted octanol–water partition coefficient (Wildman–Crippen LogP) is 1.41. The van der Waals surface area contributed by atoms with Gasteiger partial charge in [-0.15, -0.1) is 12.4 Å². The maximum Gasteiger partial charge on any atom is 0.410 e. The van der Waals surface area contributed by atoms with Crippen LogP contribution in [0.15, 0.2) is 24.8 Å². The van der Waals surface area contributed by atoms with Crippen LogP contribution in [0.5, 0.6) is 0 Å². The first-order chi connectivity index (χ1) is 18.6. The monoisotopic (exact) mass is 580 g/mol. The van der Waals surface area contributed by atoms with Crippen LogP contribution in [0.3, 0.4) is 0 Å². The van der Waals surface area contributed by atoms with Gasteiger partial charge in [-0.25, -0.2) is 34.3 Å². The van der Waals surface area contributed by atoms with E-state index < -0.39 is 17.5 Å². The number of carbonyl (C=O) groups excluding carboxylic acids is 3. The second kappa shape index (κ2) is 15.1. The van der Waals surface area contributed by atoms with Gasteiger partial charge in [0.2, 0.25) is 0 Å². The number of anilines is 2. The van der Waals surface area contributed by atoms with E-state index in [1.165, 1.54) is 32.8 Å². The Hall–Kier alpha value is -3.78. The molecule has 40 heavy (non-hydrogen) atoms. The normalized spacial score (nSPS) is 15.2. The van der Waals surface area contributed by atoms with E-state index >= 15 is 0 Å². The number of methoxy groups -OCH3 is 2. The van der Waals surface area contributed by atoms with E-state index in [2.05, 4.69) is 39.6 Å². The molecule has 0 aliphatic carbocycles. The van der Waals surface area contributed by atoms with Gasteiger partial charge in [0.1, 0.15) is 17.2 Å². The van der Waals surface area contributed by atoms with E-state index in [1.54, 1.807) is 11.1 Å². The molecule has 220 valence electrons. The van der Waals surface area contributed by atoms with Crippen LogP contribution in [0.1, 0.15) is 41.7 Å². The summed E-state index contributed by atoms with van der Waals surface area (Å²) < 4.78 is 14.5. The molecule has 2 aliphatic heterocycles. The van der Waals surface area contributed by atoms with Crippen molar-refractivity contribution < 1.29 is 28.6 Å². The number of piperazine rings is 2. The van der Waals surface area contributed by atoms with Crippen LogP contribution in [-0.4, -0.2) is 115 Å². The van der Waals surface area contributed by atoms with Crippen molar-refractivity contribution in [1.29, 1.82) is 0 Å². The van der Waals surface area contributed by atoms with E-state index in [-0.39, 0.29) is 29.9 Å². The molecule has 0 aromatic carbocycles. The third-order valence-corrected chi connectivity index (χ3v) is 5.76. The third kappa shape index (κ3) is 9.45. The number of hydrogen-bond donors (Lipinski definition) is 1. The molecule has 0 bridgehead atoms. The fraction of sp³-hybridized carbons (Fsp3) is 0.560. The predicted molar refractivity (Wildman–Crippen MR) is 149 cm³/mol. The number of carbonyl (C=O) groups is 3. The van der Waals surface area contributed by atoms with Crippen LogP contribution in [0, 0.1) is 0 Å². The molecule has 15 heteroatoms. The van der Waals surface area contributed by atoms with Crippen molar-refractivity contribution in [2.75, 3.05) is 76.4 Å². The summed E-state index contributed by atoms with van der Waals surface area (Å²) in [4.78, 5) is 56.8. The average Bonchev–Trinajstić information content (AvgIpc) is 2.96. The third-order valence-electron chi connectivity index (χ3n) is 5.76. The minimum Gasteiger partial charge on any atom is -0.464 e. The highest BCUT2D eigenvalue weighted by Crippen LogP contribution is 2.16. The Balaban J connectivity index is 0.000000290. The molecule has 0 unspecified atom stereocenters. The standard InChI is InChI=1S/C15H22N4O4.C10H14N4O2.ClH/c1-15(2,3)23-14(21)19-7-5-18(6-8-19)12-10-16-11(9-17-12)13(20)22-4;1-16-10(15)8-6-13-9(7-12-8)14-4-2-11-3-5-14;/h9-10H,5-8H2,1-4H3;6-7,11H,2-5H2,1H3;1H. The summed E-state index contributed by atoms with van der Waals surface area (Å²) in [7, 11) is 2.63. The largest absolute Gasteiger partial charge is 0.464 e. The van der Waals surface area contributed by atoms with E-state index in [4.69, 9.17) is 4.74 Å².